The van der Waals surface area contributed by atoms with Crippen LogP contribution in [0, 0.1) is 11.8 Å². The number of rotatable bonds is 1. The second-order valence-electron chi connectivity index (χ2n) is 3.81. The first kappa shape index (κ1) is 12.1. The lowest BCUT2D eigenvalue weighted by molar-refractivity contribution is 0.253. The lowest BCUT2D eigenvalue weighted by Crippen LogP contribution is -2.09. The normalized spacial score (nSPS) is 11.4. The largest absolute Gasteiger partial charge is 0.381 e. The highest BCUT2D eigenvalue weighted by atomic mass is 16.3. The van der Waals surface area contributed by atoms with Crippen LogP contribution in [-0.4, -0.2) is 21.4 Å². The number of nitrogens with one attached hydrogen (secondary N) is 1. The van der Waals surface area contributed by atoms with Gasteiger partial charge in [0.15, 0.2) is 0 Å². The van der Waals surface area contributed by atoms with Gasteiger partial charge in [0.25, 0.3) is 5.56 Å². The number of aromatic amines is 1. The minimum atomic E-state index is -0.743. The summed E-state index contributed by atoms with van der Waals surface area (Å²) in [6, 6.07) is 10.8. The van der Waals surface area contributed by atoms with Crippen molar-refractivity contribution in [2.75, 3.05) is 0 Å². The van der Waals surface area contributed by atoms with E-state index in [1.807, 2.05) is 30.3 Å². The van der Waals surface area contributed by atoms with Gasteiger partial charge in [-0.1, -0.05) is 42.2 Å². The Labute approximate surface area is 104 Å². The third kappa shape index (κ3) is 2.84. The summed E-state index contributed by atoms with van der Waals surface area (Å²) >= 11 is 0. The van der Waals surface area contributed by atoms with Gasteiger partial charge in [0, 0.05) is 11.6 Å². The van der Waals surface area contributed by atoms with Gasteiger partial charge < -0.3 is 5.11 Å². The Balaban J connectivity index is 2.55. The highest BCUT2D eigenvalue weighted by Gasteiger charge is 2.05. The predicted octanol–water partition coefficient (Wildman–Crippen LogP) is 1.17. The smallest absolute Gasteiger partial charge is 0.265 e. The van der Waals surface area contributed by atoms with E-state index in [-0.39, 0.29) is 5.56 Å². The van der Waals surface area contributed by atoms with Crippen molar-refractivity contribution >= 4 is 0 Å². The van der Waals surface area contributed by atoms with E-state index in [4.69, 9.17) is 5.11 Å². The van der Waals surface area contributed by atoms with Crippen molar-refractivity contribution in [1.82, 2.24) is 10.2 Å². The van der Waals surface area contributed by atoms with Crippen LogP contribution in [0.4, 0.5) is 0 Å². The molecule has 0 saturated heterocycles. The highest BCUT2D eigenvalue weighted by Crippen LogP contribution is 2.18. The molecule has 1 aromatic carbocycles. The molecule has 4 heteroatoms. The summed E-state index contributed by atoms with van der Waals surface area (Å²) < 4.78 is 0. The summed E-state index contributed by atoms with van der Waals surface area (Å²) in [5.74, 6) is 5.38. The van der Waals surface area contributed by atoms with Crippen LogP contribution < -0.4 is 5.56 Å². The number of benzene rings is 1. The summed E-state index contributed by atoms with van der Waals surface area (Å²) in [6.45, 7) is 1.57. The van der Waals surface area contributed by atoms with Crippen LogP contribution >= 0.6 is 0 Å². The minimum absolute atomic E-state index is 0.315. The molecule has 0 fully saturated rings. The quantitative estimate of drug-likeness (QED) is 0.735. The van der Waals surface area contributed by atoms with Crippen molar-refractivity contribution < 1.29 is 5.11 Å². The highest BCUT2D eigenvalue weighted by molar-refractivity contribution is 5.66. The molecule has 1 unspecified atom stereocenters. The number of H-pyrrole nitrogens is 1. The van der Waals surface area contributed by atoms with E-state index in [0.29, 0.717) is 11.3 Å². The molecule has 2 N–H and O–H groups in total. The number of nitrogens with zero attached hydrogens (tertiary/aromatic N) is 1. The van der Waals surface area contributed by atoms with Gasteiger partial charge >= 0.3 is 0 Å². The van der Waals surface area contributed by atoms with Crippen LogP contribution in [0.25, 0.3) is 11.3 Å². The first-order valence-corrected chi connectivity index (χ1v) is 5.51. The van der Waals surface area contributed by atoms with E-state index in [0.717, 1.165) is 5.56 Å². The molecule has 1 heterocycles. The van der Waals surface area contributed by atoms with E-state index in [1.54, 1.807) is 6.92 Å². The maximum atomic E-state index is 11.3. The standard InChI is InChI=1S/C14H12N2O2/c1-10(17)7-8-12-9-13(18)15-16-14(12)11-5-3-2-4-6-11/h2-6,9-10,17H,1H3,(H,15,18). The number of hydrogen-bond acceptors (Lipinski definition) is 3. The molecule has 0 spiro atoms. The van der Waals surface area contributed by atoms with E-state index < -0.39 is 6.10 Å². The summed E-state index contributed by atoms with van der Waals surface area (Å²) in [7, 11) is 0. The fourth-order valence-electron chi connectivity index (χ4n) is 1.50. The summed E-state index contributed by atoms with van der Waals surface area (Å²) in [5.41, 5.74) is 1.66. The van der Waals surface area contributed by atoms with Gasteiger partial charge in [0.2, 0.25) is 0 Å². The maximum Gasteiger partial charge on any atom is 0.265 e. The van der Waals surface area contributed by atoms with Crippen molar-refractivity contribution in [3.05, 3.63) is 52.3 Å². The lowest BCUT2D eigenvalue weighted by atomic mass is 10.1. The molecule has 90 valence electrons. The zero-order valence-electron chi connectivity index (χ0n) is 9.84. The Morgan fingerprint density at radius 2 is 2.06 bits per heavy atom. The Bertz CT molecular complexity index is 649. The molecule has 0 aliphatic rings. The van der Waals surface area contributed by atoms with Gasteiger partial charge in [-0.05, 0) is 6.92 Å². The van der Waals surface area contributed by atoms with Crippen LogP contribution in [0.2, 0.25) is 0 Å². The molecule has 0 radical (unpaired) electrons. The molecule has 2 aromatic rings. The molecule has 1 aromatic heterocycles. The van der Waals surface area contributed by atoms with Gasteiger partial charge in [-0.3, -0.25) is 4.79 Å². The molecule has 4 nitrogen and oxygen atoms in total. The molecular formula is C14H12N2O2. The van der Waals surface area contributed by atoms with Crippen molar-refractivity contribution in [3.63, 3.8) is 0 Å². The van der Waals surface area contributed by atoms with Crippen LogP contribution in [0.1, 0.15) is 12.5 Å². The Hall–Kier alpha value is -2.38. The topological polar surface area (TPSA) is 66.0 Å². The van der Waals surface area contributed by atoms with Crippen molar-refractivity contribution in [2.24, 2.45) is 0 Å². The zero-order chi connectivity index (χ0) is 13.0. The van der Waals surface area contributed by atoms with Gasteiger partial charge in [0.1, 0.15) is 11.8 Å². The molecule has 0 bridgehead atoms. The van der Waals surface area contributed by atoms with E-state index >= 15 is 0 Å². The maximum absolute atomic E-state index is 11.3. The molecular weight excluding hydrogens is 228 g/mol. The average molecular weight is 240 g/mol. The van der Waals surface area contributed by atoms with Crippen molar-refractivity contribution in [3.8, 4) is 23.1 Å². The zero-order valence-corrected chi connectivity index (χ0v) is 9.84. The molecule has 0 aliphatic carbocycles. The number of aromatic nitrogens is 2. The lowest BCUT2D eigenvalue weighted by Gasteiger charge is -2.02. The second-order valence-corrected chi connectivity index (χ2v) is 3.81. The van der Waals surface area contributed by atoms with Gasteiger partial charge in [-0.25, -0.2) is 5.10 Å². The van der Waals surface area contributed by atoms with Crippen molar-refractivity contribution in [2.45, 2.75) is 13.0 Å². The Kier molecular flexibility index (Phi) is 3.56. The van der Waals surface area contributed by atoms with Gasteiger partial charge in [-0.2, -0.15) is 5.10 Å². The van der Waals surface area contributed by atoms with E-state index in [1.165, 1.54) is 6.07 Å². The number of aliphatic hydroxyl groups excluding tert-OH is 1. The number of hydrogen-bond donors (Lipinski definition) is 2. The Morgan fingerprint density at radius 1 is 1.33 bits per heavy atom. The third-order valence-electron chi connectivity index (χ3n) is 2.27. The summed E-state index contributed by atoms with van der Waals surface area (Å²) in [5, 5.41) is 15.6. The van der Waals surface area contributed by atoms with Gasteiger partial charge in [0.05, 0.1) is 5.56 Å². The monoisotopic (exact) mass is 240 g/mol. The second kappa shape index (κ2) is 5.30. The fraction of sp³-hybridized carbons (Fsp3) is 0.143. The SMILES string of the molecule is CC(O)C#Cc1cc(=O)[nH]nc1-c1ccccc1. The number of aliphatic hydroxyl groups is 1. The van der Waals surface area contributed by atoms with Crippen LogP contribution in [-0.2, 0) is 0 Å². The first-order chi connectivity index (χ1) is 8.66. The Morgan fingerprint density at radius 3 is 2.72 bits per heavy atom. The molecule has 0 saturated carbocycles. The van der Waals surface area contributed by atoms with Crippen LogP contribution in [0.5, 0.6) is 0 Å². The van der Waals surface area contributed by atoms with E-state index in [2.05, 4.69) is 22.0 Å². The molecule has 0 aliphatic heterocycles. The fourth-order valence-corrected chi connectivity index (χ4v) is 1.50. The van der Waals surface area contributed by atoms with Crippen LogP contribution in [0.15, 0.2) is 41.2 Å². The summed E-state index contributed by atoms with van der Waals surface area (Å²) in [4.78, 5) is 11.3. The average Bonchev–Trinajstić information content (AvgIpc) is 2.37. The molecule has 0 amide bonds. The predicted molar refractivity (Wildman–Crippen MR) is 68.9 cm³/mol. The first-order valence-electron chi connectivity index (χ1n) is 5.51. The van der Waals surface area contributed by atoms with Gasteiger partial charge in [-0.15, -0.1) is 0 Å². The molecule has 18 heavy (non-hydrogen) atoms. The minimum Gasteiger partial charge on any atom is -0.381 e. The van der Waals surface area contributed by atoms with Crippen LogP contribution in [0.3, 0.4) is 0 Å². The summed E-state index contributed by atoms with van der Waals surface area (Å²) in [6.07, 6.45) is -0.743. The van der Waals surface area contributed by atoms with E-state index in [9.17, 15) is 4.79 Å². The third-order valence-corrected chi connectivity index (χ3v) is 2.27. The van der Waals surface area contributed by atoms with Crippen molar-refractivity contribution in [1.29, 1.82) is 0 Å². The molecule has 1 atom stereocenters. The molecule has 2 rings (SSSR count).